The normalized spacial score (nSPS) is 24.3. The van der Waals surface area contributed by atoms with Crippen molar-refractivity contribution < 1.29 is 4.74 Å². The number of rotatable bonds is 5. The van der Waals surface area contributed by atoms with Crippen LogP contribution in [-0.2, 0) is 0 Å². The molecule has 3 aliphatic rings. The lowest BCUT2D eigenvalue weighted by molar-refractivity contribution is 0.188. The van der Waals surface area contributed by atoms with Gasteiger partial charge >= 0.3 is 6.01 Å². The summed E-state index contributed by atoms with van der Waals surface area (Å²) in [6.45, 7) is 5.76. The molecule has 3 aliphatic heterocycles. The highest BCUT2D eigenvalue weighted by atomic mass is 16.5. The first-order valence-corrected chi connectivity index (χ1v) is 13.2. The maximum atomic E-state index is 6.25. The predicted octanol–water partition coefficient (Wildman–Crippen LogP) is 3.90. The first-order chi connectivity index (χ1) is 17.6. The number of hydrogen-bond donors (Lipinski definition) is 2. The molecule has 0 aliphatic carbocycles. The number of hydrogen-bond acceptors (Lipinski definition) is 7. The van der Waals surface area contributed by atoms with Crippen molar-refractivity contribution in [3.63, 3.8) is 0 Å². The van der Waals surface area contributed by atoms with Crippen LogP contribution in [0.4, 0.5) is 5.82 Å². The van der Waals surface area contributed by atoms with Gasteiger partial charge in [-0.1, -0.05) is 18.2 Å². The van der Waals surface area contributed by atoms with Gasteiger partial charge in [-0.15, -0.1) is 0 Å². The summed E-state index contributed by atoms with van der Waals surface area (Å²) >= 11 is 0. The summed E-state index contributed by atoms with van der Waals surface area (Å²) in [4.78, 5) is 14.7. The maximum absolute atomic E-state index is 6.25. The second-order valence-electron chi connectivity index (χ2n) is 10.8. The molecule has 0 amide bonds. The van der Waals surface area contributed by atoms with Gasteiger partial charge in [0.25, 0.3) is 0 Å². The van der Waals surface area contributed by atoms with Gasteiger partial charge in [-0.3, -0.25) is 5.10 Å². The fourth-order valence-corrected chi connectivity index (χ4v) is 6.23. The number of likely N-dealkylation sites (tertiary alicyclic amines) is 1. The summed E-state index contributed by atoms with van der Waals surface area (Å²) in [5.74, 6) is 0.998. The molecule has 2 bridgehead atoms. The number of anilines is 1. The van der Waals surface area contributed by atoms with Gasteiger partial charge < -0.3 is 19.9 Å². The van der Waals surface area contributed by atoms with Crippen molar-refractivity contribution in [1.82, 2.24) is 30.4 Å². The number of aromatic amines is 1. The van der Waals surface area contributed by atoms with Crippen molar-refractivity contribution in [2.45, 2.75) is 50.7 Å². The molecule has 4 aromatic rings. The molecule has 2 N–H and O–H groups in total. The van der Waals surface area contributed by atoms with Crippen LogP contribution in [0.5, 0.6) is 6.01 Å². The molecule has 8 nitrogen and oxygen atoms in total. The van der Waals surface area contributed by atoms with Gasteiger partial charge in [-0.25, -0.2) is 0 Å². The van der Waals surface area contributed by atoms with E-state index < -0.39 is 0 Å². The van der Waals surface area contributed by atoms with Crippen LogP contribution in [-0.4, -0.2) is 76.5 Å². The molecule has 2 aromatic carbocycles. The minimum Gasteiger partial charge on any atom is -0.462 e. The Hall–Kier alpha value is -3.23. The fourth-order valence-electron chi connectivity index (χ4n) is 6.23. The second-order valence-corrected chi connectivity index (χ2v) is 10.8. The molecule has 5 heterocycles. The van der Waals surface area contributed by atoms with Crippen LogP contribution in [0.1, 0.15) is 31.4 Å². The van der Waals surface area contributed by atoms with Crippen molar-refractivity contribution in [3.05, 3.63) is 42.1 Å². The number of nitrogens with zero attached hydrogens (tertiary/aromatic N) is 5. The predicted molar refractivity (Wildman–Crippen MR) is 143 cm³/mol. The summed E-state index contributed by atoms with van der Waals surface area (Å²) in [5.41, 5.74) is 5.25. The molecule has 7 rings (SSSR count). The van der Waals surface area contributed by atoms with Crippen LogP contribution in [0.3, 0.4) is 0 Å². The highest BCUT2D eigenvalue weighted by Gasteiger charge is 2.33. The number of nitrogens with one attached hydrogen (secondary N) is 2. The van der Waals surface area contributed by atoms with Gasteiger partial charge in [0.2, 0.25) is 0 Å². The molecule has 3 fully saturated rings. The number of aromatic nitrogens is 4. The van der Waals surface area contributed by atoms with E-state index in [1.54, 1.807) is 0 Å². The summed E-state index contributed by atoms with van der Waals surface area (Å²) in [5, 5.41) is 13.5. The maximum Gasteiger partial charge on any atom is 0.319 e. The molecule has 2 aromatic heterocycles. The Morgan fingerprint density at radius 3 is 2.44 bits per heavy atom. The van der Waals surface area contributed by atoms with Crippen molar-refractivity contribution in [2.24, 2.45) is 0 Å². The average molecular weight is 484 g/mol. The third-order valence-electron chi connectivity index (χ3n) is 8.33. The van der Waals surface area contributed by atoms with Gasteiger partial charge in [-0.2, -0.15) is 15.1 Å². The number of likely N-dealkylation sites (N-methyl/N-ethyl adjacent to an activating group) is 1. The minimum atomic E-state index is 0.429. The van der Waals surface area contributed by atoms with Gasteiger partial charge in [-0.05, 0) is 75.5 Å². The molecule has 0 radical (unpaired) electrons. The van der Waals surface area contributed by atoms with E-state index >= 15 is 0 Å². The molecule has 0 spiro atoms. The quantitative estimate of drug-likeness (QED) is 0.446. The Kier molecular flexibility index (Phi) is 5.32. The van der Waals surface area contributed by atoms with E-state index in [-0.39, 0.29) is 0 Å². The first-order valence-electron chi connectivity index (χ1n) is 13.2. The van der Waals surface area contributed by atoms with Crippen LogP contribution in [0.25, 0.3) is 32.9 Å². The van der Waals surface area contributed by atoms with Gasteiger partial charge in [0.15, 0.2) is 0 Å². The van der Waals surface area contributed by atoms with Crippen molar-refractivity contribution in [3.8, 4) is 17.1 Å². The molecule has 36 heavy (non-hydrogen) atoms. The zero-order chi connectivity index (χ0) is 24.2. The van der Waals surface area contributed by atoms with E-state index in [0.717, 1.165) is 70.5 Å². The summed E-state index contributed by atoms with van der Waals surface area (Å²) in [7, 11) is 2.17. The molecule has 3 saturated heterocycles. The highest BCUT2D eigenvalue weighted by Crippen LogP contribution is 2.34. The topological polar surface area (TPSA) is 82.2 Å². The zero-order valence-electron chi connectivity index (χ0n) is 21.0. The third kappa shape index (κ3) is 3.89. The van der Waals surface area contributed by atoms with Crippen LogP contribution in [0.2, 0.25) is 0 Å². The molecule has 8 heteroatoms. The third-order valence-corrected chi connectivity index (χ3v) is 8.33. The number of H-pyrrole nitrogens is 1. The Balaban J connectivity index is 1.28. The van der Waals surface area contributed by atoms with Crippen LogP contribution >= 0.6 is 0 Å². The Bertz CT molecular complexity index is 1420. The van der Waals surface area contributed by atoms with Gasteiger partial charge in [0.1, 0.15) is 12.4 Å². The zero-order valence-corrected chi connectivity index (χ0v) is 21.0. The van der Waals surface area contributed by atoms with Crippen molar-refractivity contribution in [2.75, 3.05) is 38.2 Å². The largest absolute Gasteiger partial charge is 0.462 e. The van der Waals surface area contributed by atoms with Crippen LogP contribution in [0.15, 0.2) is 36.4 Å². The molecule has 0 saturated carbocycles. The smallest absolute Gasteiger partial charge is 0.319 e. The van der Waals surface area contributed by atoms with Gasteiger partial charge in [0.05, 0.1) is 11.0 Å². The standard InChI is InChI=1S/C28H33N7O/c1-17-23-9-5-19(13-26(23)33-32-17)18-6-10-24-25(12-18)30-28(36-16-22-4-3-11-34(22)2)31-27(24)35-14-20-7-8-21(15-35)29-20/h5-6,9-10,12-13,20-22,29H,3-4,7-8,11,14-16H2,1-2H3,(H,32,33)/t20-,21+,22-/m0/s1. The van der Waals surface area contributed by atoms with E-state index in [9.17, 15) is 0 Å². The van der Waals surface area contributed by atoms with E-state index in [4.69, 9.17) is 14.7 Å². The highest BCUT2D eigenvalue weighted by molar-refractivity contribution is 5.94. The van der Waals surface area contributed by atoms with E-state index in [1.165, 1.54) is 19.3 Å². The van der Waals surface area contributed by atoms with E-state index in [0.29, 0.717) is 30.7 Å². The van der Waals surface area contributed by atoms with Crippen molar-refractivity contribution >= 4 is 27.6 Å². The average Bonchev–Trinajstić information content (AvgIpc) is 3.59. The number of piperazine rings is 1. The van der Waals surface area contributed by atoms with Crippen molar-refractivity contribution in [1.29, 1.82) is 0 Å². The summed E-state index contributed by atoms with van der Waals surface area (Å²) < 4.78 is 6.25. The molecular formula is C28H33N7O. The SMILES string of the molecule is Cc1[nH]nc2cc(-c3ccc4c(N5C[C@H]6CC[C@@H](C5)N6)nc(OC[C@@H]5CCCN5C)nc4c3)ccc12. The number of fused-ring (bicyclic) bond motifs is 4. The van der Waals surface area contributed by atoms with Crippen LogP contribution < -0.4 is 15.0 Å². The first kappa shape index (κ1) is 22.0. The number of aryl methyl sites for hydroxylation is 1. The Morgan fingerprint density at radius 2 is 1.69 bits per heavy atom. The fraction of sp³-hybridized carbons (Fsp3) is 0.464. The lowest BCUT2D eigenvalue weighted by Crippen LogP contribution is -2.51. The van der Waals surface area contributed by atoms with E-state index in [2.05, 4.69) is 75.7 Å². The molecule has 3 atom stereocenters. The summed E-state index contributed by atoms with van der Waals surface area (Å²) in [6, 6.07) is 15.0. The lowest BCUT2D eigenvalue weighted by atomic mass is 10.0. The molecule has 186 valence electrons. The number of ether oxygens (including phenoxy) is 1. The minimum absolute atomic E-state index is 0.429. The van der Waals surface area contributed by atoms with Crippen LogP contribution in [0, 0.1) is 6.92 Å². The molecular weight excluding hydrogens is 450 g/mol. The molecule has 0 unspecified atom stereocenters. The monoisotopic (exact) mass is 483 g/mol. The van der Waals surface area contributed by atoms with Gasteiger partial charge in [0, 0.05) is 47.7 Å². The lowest BCUT2D eigenvalue weighted by Gasteiger charge is -2.34. The summed E-state index contributed by atoms with van der Waals surface area (Å²) in [6.07, 6.45) is 4.86. The second kappa shape index (κ2) is 8.71. The van der Waals surface area contributed by atoms with E-state index in [1.807, 2.05) is 0 Å². The number of benzene rings is 2. The Morgan fingerprint density at radius 1 is 0.944 bits per heavy atom. The Labute approximate surface area is 211 Å².